The molecule has 0 saturated heterocycles. The van der Waals surface area contributed by atoms with Gasteiger partial charge in [0.15, 0.2) is 0 Å². The van der Waals surface area contributed by atoms with E-state index in [1.165, 1.54) is 6.20 Å². The van der Waals surface area contributed by atoms with Gasteiger partial charge in [0, 0.05) is 28.7 Å². The van der Waals surface area contributed by atoms with Crippen LogP contribution in [0.15, 0.2) is 30.6 Å². The molecule has 1 aromatic carbocycles. The van der Waals surface area contributed by atoms with Crippen LogP contribution in [0.5, 0.6) is 0 Å². The fourth-order valence-electron chi connectivity index (χ4n) is 2.38. The summed E-state index contributed by atoms with van der Waals surface area (Å²) in [5, 5.41) is 21.4. The molecule has 0 aliphatic carbocycles. The van der Waals surface area contributed by atoms with E-state index in [-0.39, 0.29) is 17.9 Å². The van der Waals surface area contributed by atoms with Crippen molar-refractivity contribution in [1.82, 2.24) is 20.5 Å². The number of rotatable bonds is 4. The number of fused-ring (bicyclic) bond motifs is 1. The molecule has 0 radical (unpaired) electrons. The SMILES string of the molecule is N#Cc1cn[nH]c1NC(=O)C(=O)NCCc1c[nH]c2ccc(Cl)cc12. The first-order chi connectivity index (χ1) is 12.1. The summed E-state index contributed by atoms with van der Waals surface area (Å²) in [7, 11) is 0. The minimum Gasteiger partial charge on any atom is -0.361 e. The second kappa shape index (κ2) is 7.07. The molecule has 0 aliphatic heterocycles. The smallest absolute Gasteiger partial charge is 0.314 e. The fourth-order valence-corrected chi connectivity index (χ4v) is 2.56. The third-order valence-electron chi connectivity index (χ3n) is 3.61. The van der Waals surface area contributed by atoms with Gasteiger partial charge in [-0.3, -0.25) is 14.7 Å². The van der Waals surface area contributed by atoms with Crippen molar-refractivity contribution in [2.75, 3.05) is 11.9 Å². The van der Waals surface area contributed by atoms with Gasteiger partial charge in [-0.05, 0) is 30.2 Å². The van der Waals surface area contributed by atoms with Crippen LogP contribution in [0.25, 0.3) is 10.9 Å². The number of hydrogen-bond donors (Lipinski definition) is 4. The molecule has 3 rings (SSSR count). The van der Waals surface area contributed by atoms with Crippen LogP contribution in [0.2, 0.25) is 5.02 Å². The van der Waals surface area contributed by atoms with Crippen molar-refractivity contribution in [2.45, 2.75) is 6.42 Å². The lowest BCUT2D eigenvalue weighted by Crippen LogP contribution is -2.36. The maximum atomic E-state index is 11.8. The minimum atomic E-state index is -0.872. The zero-order chi connectivity index (χ0) is 17.8. The largest absolute Gasteiger partial charge is 0.361 e. The number of nitrogens with one attached hydrogen (secondary N) is 4. The summed E-state index contributed by atoms with van der Waals surface area (Å²) in [5.74, 6) is -1.58. The summed E-state index contributed by atoms with van der Waals surface area (Å²) in [6.45, 7) is 0.278. The van der Waals surface area contributed by atoms with E-state index in [4.69, 9.17) is 16.9 Å². The molecule has 0 spiro atoms. The lowest BCUT2D eigenvalue weighted by atomic mass is 10.1. The van der Waals surface area contributed by atoms with Gasteiger partial charge in [0.1, 0.15) is 17.5 Å². The van der Waals surface area contributed by atoms with Crippen molar-refractivity contribution >= 4 is 40.1 Å². The summed E-state index contributed by atoms with van der Waals surface area (Å²) in [6.07, 6.45) is 3.64. The second-order valence-corrected chi connectivity index (χ2v) is 5.67. The Balaban J connectivity index is 1.56. The molecule has 0 unspecified atom stereocenters. The highest BCUT2D eigenvalue weighted by molar-refractivity contribution is 6.39. The van der Waals surface area contributed by atoms with Gasteiger partial charge in [-0.1, -0.05) is 11.6 Å². The number of nitrogens with zero attached hydrogens (tertiary/aromatic N) is 2. The summed E-state index contributed by atoms with van der Waals surface area (Å²) in [6, 6.07) is 7.37. The van der Waals surface area contributed by atoms with Gasteiger partial charge in [0.25, 0.3) is 0 Å². The molecule has 0 saturated carbocycles. The van der Waals surface area contributed by atoms with Gasteiger partial charge in [-0.15, -0.1) is 0 Å². The number of carbonyl (C=O) groups excluding carboxylic acids is 2. The average molecular weight is 357 g/mol. The van der Waals surface area contributed by atoms with Gasteiger partial charge in [-0.2, -0.15) is 10.4 Å². The number of benzene rings is 1. The van der Waals surface area contributed by atoms with Crippen molar-refractivity contribution < 1.29 is 9.59 Å². The molecule has 9 heteroatoms. The third-order valence-corrected chi connectivity index (χ3v) is 3.85. The lowest BCUT2D eigenvalue weighted by molar-refractivity contribution is -0.136. The molecule has 4 N–H and O–H groups in total. The zero-order valence-electron chi connectivity index (χ0n) is 12.9. The number of carbonyl (C=O) groups is 2. The molecule has 126 valence electrons. The van der Waals surface area contributed by atoms with Crippen LogP contribution < -0.4 is 10.6 Å². The van der Waals surface area contributed by atoms with Crippen molar-refractivity contribution in [1.29, 1.82) is 5.26 Å². The molecule has 2 heterocycles. The van der Waals surface area contributed by atoms with E-state index in [9.17, 15) is 9.59 Å². The van der Waals surface area contributed by atoms with Crippen molar-refractivity contribution in [3.63, 3.8) is 0 Å². The number of halogens is 1. The molecule has 0 bridgehead atoms. The quantitative estimate of drug-likeness (QED) is 0.531. The Morgan fingerprint density at radius 3 is 2.96 bits per heavy atom. The van der Waals surface area contributed by atoms with Crippen LogP contribution in [0.3, 0.4) is 0 Å². The predicted molar refractivity (Wildman–Crippen MR) is 92.0 cm³/mol. The lowest BCUT2D eigenvalue weighted by Gasteiger charge is -2.05. The summed E-state index contributed by atoms with van der Waals surface area (Å²) >= 11 is 6.00. The highest BCUT2D eigenvalue weighted by Crippen LogP contribution is 2.22. The molecule has 2 aromatic heterocycles. The average Bonchev–Trinajstić information content (AvgIpc) is 3.21. The maximum Gasteiger partial charge on any atom is 0.314 e. The van der Waals surface area contributed by atoms with Crippen molar-refractivity contribution in [2.24, 2.45) is 0 Å². The van der Waals surface area contributed by atoms with Gasteiger partial charge in [0.05, 0.1) is 6.20 Å². The third kappa shape index (κ3) is 3.62. The molecule has 3 aromatic rings. The fraction of sp³-hybridized carbons (Fsp3) is 0.125. The van der Waals surface area contributed by atoms with E-state index in [1.54, 1.807) is 6.07 Å². The molecule has 8 nitrogen and oxygen atoms in total. The van der Waals surface area contributed by atoms with Crippen LogP contribution in [0.1, 0.15) is 11.1 Å². The Bertz CT molecular complexity index is 984. The first-order valence-electron chi connectivity index (χ1n) is 7.36. The molecule has 2 amide bonds. The van der Waals surface area contributed by atoms with E-state index < -0.39 is 11.8 Å². The van der Waals surface area contributed by atoms with Crippen molar-refractivity contribution in [3.8, 4) is 6.07 Å². The topological polar surface area (TPSA) is 126 Å². The van der Waals surface area contributed by atoms with E-state index >= 15 is 0 Å². The number of aromatic amines is 2. The summed E-state index contributed by atoms with van der Waals surface area (Å²) in [4.78, 5) is 26.8. The summed E-state index contributed by atoms with van der Waals surface area (Å²) < 4.78 is 0. The number of amides is 2. The minimum absolute atomic E-state index is 0.0916. The van der Waals surface area contributed by atoms with E-state index in [2.05, 4.69) is 25.8 Å². The Morgan fingerprint density at radius 1 is 1.32 bits per heavy atom. The zero-order valence-corrected chi connectivity index (χ0v) is 13.6. The van der Waals surface area contributed by atoms with Crippen LogP contribution >= 0.6 is 11.6 Å². The standard InChI is InChI=1S/C16H13ClN6O2/c17-11-1-2-13-12(5-11)9(7-20-13)3-4-19-15(24)16(25)22-14-10(6-18)8-21-23-14/h1-2,5,7-8,20H,3-4H2,(H,19,24)(H2,21,22,23,25). The first-order valence-corrected chi connectivity index (χ1v) is 7.74. The number of anilines is 1. The monoisotopic (exact) mass is 356 g/mol. The second-order valence-electron chi connectivity index (χ2n) is 5.23. The predicted octanol–water partition coefficient (Wildman–Crippen LogP) is 1.71. The molecular weight excluding hydrogens is 344 g/mol. The van der Waals surface area contributed by atoms with Crippen LogP contribution in [-0.4, -0.2) is 33.5 Å². The first kappa shape index (κ1) is 16.5. The van der Waals surface area contributed by atoms with Gasteiger partial charge < -0.3 is 15.6 Å². The molecule has 25 heavy (non-hydrogen) atoms. The normalized spacial score (nSPS) is 10.4. The van der Waals surface area contributed by atoms with Gasteiger partial charge in [-0.25, -0.2) is 0 Å². The molecular formula is C16H13ClN6O2. The van der Waals surface area contributed by atoms with Gasteiger partial charge in [0.2, 0.25) is 0 Å². The number of hydrogen-bond acceptors (Lipinski definition) is 4. The number of aromatic nitrogens is 3. The van der Waals surface area contributed by atoms with E-state index in [0.717, 1.165) is 16.5 Å². The highest BCUT2D eigenvalue weighted by Gasteiger charge is 2.16. The maximum absolute atomic E-state index is 11.8. The number of H-pyrrole nitrogens is 2. The molecule has 0 aliphatic rings. The Labute approximate surface area is 147 Å². The summed E-state index contributed by atoms with van der Waals surface area (Å²) in [5.41, 5.74) is 2.09. The van der Waals surface area contributed by atoms with Crippen LogP contribution in [0.4, 0.5) is 5.82 Å². The molecule has 0 fully saturated rings. The highest BCUT2D eigenvalue weighted by atomic mass is 35.5. The number of nitriles is 1. The van der Waals surface area contributed by atoms with Gasteiger partial charge >= 0.3 is 11.8 Å². The Morgan fingerprint density at radius 2 is 2.16 bits per heavy atom. The van der Waals surface area contributed by atoms with Crippen LogP contribution in [0, 0.1) is 11.3 Å². The van der Waals surface area contributed by atoms with E-state index in [1.807, 2.05) is 24.4 Å². The van der Waals surface area contributed by atoms with Crippen molar-refractivity contribution in [3.05, 3.63) is 46.7 Å². The van der Waals surface area contributed by atoms with Crippen LogP contribution in [-0.2, 0) is 16.0 Å². The van der Waals surface area contributed by atoms with E-state index in [0.29, 0.717) is 11.4 Å². The Kier molecular flexibility index (Phi) is 4.68. The Hall–Kier alpha value is -3.31. The molecule has 0 atom stereocenters.